The minimum Gasteiger partial charge on any atom is -0.345 e. The zero-order valence-corrected chi connectivity index (χ0v) is 19.9. The third kappa shape index (κ3) is 13.9. The Labute approximate surface area is 217 Å². The molecule has 0 spiro atoms. The number of aromatic amines is 1. The van der Waals surface area contributed by atoms with Crippen LogP contribution in [0.15, 0.2) is 18.5 Å². The van der Waals surface area contributed by atoms with Crippen molar-refractivity contribution in [2.24, 2.45) is 0 Å². The molecule has 36 heavy (non-hydrogen) atoms. The van der Waals surface area contributed by atoms with Crippen molar-refractivity contribution in [2.75, 3.05) is 0 Å². The maximum Gasteiger partial charge on any atom is 0.0931 e. The van der Waals surface area contributed by atoms with Crippen molar-refractivity contribution in [1.29, 1.82) is 0 Å². The van der Waals surface area contributed by atoms with Crippen molar-refractivity contribution in [3.8, 4) is 143 Å². The summed E-state index contributed by atoms with van der Waals surface area (Å²) in [6.07, 6.45) is 6.58. The maximum absolute atomic E-state index is 5.89. The second-order valence-corrected chi connectivity index (χ2v) is 5.95. The molecule has 2 aromatic rings. The number of terminal acetylenes is 1. The lowest BCUT2D eigenvalue weighted by molar-refractivity contribution is 1.34. The summed E-state index contributed by atoms with van der Waals surface area (Å²) < 4.78 is 0. The van der Waals surface area contributed by atoms with E-state index in [9.17, 15) is 0 Å². The number of nitrogens with zero attached hydrogens (tertiary/aromatic N) is 1. The fourth-order valence-corrected chi connectivity index (χ4v) is 1.92. The molecule has 160 valence electrons. The van der Waals surface area contributed by atoms with E-state index in [1.165, 1.54) is 0 Å². The average molecular weight is 471 g/mol. The number of fused-ring (bicyclic) bond motifs is 1. The van der Waals surface area contributed by atoms with Crippen LogP contribution in [0.5, 0.6) is 0 Å². The Morgan fingerprint density at radius 3 is 1.42 bits per heavy atom. The zero-order chi connectivity index (χ0) is 26.1. The number of aryl methyl sites for hydroxylation is 1. The molecule has 0 fully saturated rings. The van der Waals surface area contributed by atoms with Gasteiger partial charge in [0.2, 0.25) is 0 Å². The Kier molecular flexibility index (Phi) is 14.9. The van der Waals surface area contributed by atoms with Gasteiger partial charge in [-0.2, -0.15) is 0 Å². The summed E-state index contributed by atoms with van der Waals surface area (Å²) >= 11 is 5.89. The third-order valence-corrected chi connectivity index (χ3v) is 3.56. The largest absolute Gasteiger partial charge is 0.345 e. The molecule has 0 radical (unpaired) electrons. The van der Waals surface area contributed by atoms with Crippen LogP contribution in [0.2, 0.25) is 5.02 Å². The quantitative estimate of drug-likeness (QED) is 0.589. The van der Waals surface area contributed by atoms with Crippen LogP contribution in [-0.2, 0) is 0 Å². The molecule has 0 aliphatic carbocycles. The van der Waals surface area contributed by atoms with Gasteiger partial charge in [-0.05, 0) is 126 Å². The lowest BCUT2D eigenvalue weighted by Crippen LogP contribution is -1.75. The first-order valence-electron chi connectivity index (χ1n) is 9.65. The summed E-state index contributed by atoms with van der Waals surface area (Å²) in [5.41, 5.74) is 3.02. The zero-order valence-electron chi connectivity index (χ0n) is 19.1. The number of halogens is 1. The predicted octanol–water partition coefficient (Wildman–Crippen LogP) is 3.20. The molecular formula is C33H11ClN2. The van der Waals surface area contributed by atoms with Crippen LogP contribution < -0.4 is 0 Å². The van der Waals surface area contributed by atoms with Crippen LogP contribution in [0.1, 0.15) is 12.5 Å². The van der Waals surface area contributed by atoms with Gasteiger partial charge < -0.3 is 4.98 Å². The molecule has 1 N–H and O–H groups in total. The Balaban J connectivity index is 0.000000479. The number of rotatable bonds is 0. The van der Waals surface area contributed by atoms with Gasteiger partial charge in [0.15, 0.2) is 0 Å². The standard InChI is InChI=1S/C25H4.C8H7ClN2/c1-3-5-7-9-11-13-15-17-19-21-23-25-24-22-20-18-16-14-12-10-8-6-4-2;1-5-2-7-8(3-6(5)9)11-4-10-7/h1H,2H3;2-4H,1H3,(H,10,11). The summed E-state index contributed by atoms with van der Waals surface area (Å²) in [4.78, 5) is 7.10. The molecule has 2 nitrogen and oxygen atoms in total. The minimum absolute atomic E-state index is 0.768. The van der Waals surface area contributed by atoms with Crippen LogP contribution in [0.4, 0.5) is 0 Å². The normalized spacial score (nSPS) is 5.94. The molecule has 3 heteroatoms. The van der Waals surface area contributed by atoms with Crippen molar-refractivity contribution < 1.29 is 0 Å². The molecule has 0 bridgehead atoms. The van der Waals surface area contributed by atoms with Gasteiger partial charge in [0.1, 0.15) is 0 Å². The van der Waals surface area contributed by atoms with Gasteiger partial charge >= 0.3 is 0 Å². The number of nitrogens with one attached hydrogen (secondary N) is 1. The Bertz CT molecular complexity index is 1850. The van der Waals surface area contributed by atoms with E-state index in [0.717, 1.165) is 21.6 Å². The summed E-state index contributed by atoms with van der Waals surface area (Å²) in [5, 5.41) is 0.768. The molecule has 1 heterocycles. The minimum atomic E-state index is 0.768. The van der Waals surface area contributed by atoms with Crippen LogP contribution in [0, 0.1) is 150 Å². The summed E-state index contributed by atoms with van der Waals surface area (Å²) in [7, 11) is 0. The van der Waals surface area contributed by atoms with E-state index >= 15 is 0 Å². The Morgan fingerprint density at radius 2 is 1.03 bits per heavy atom. The summed E-state index contributed by atoms with van der Waals surface area (Å²) in [6, 6.07) is 3.85. The lowest BCUT2D eigenvalue weighted by atomic mass is 10.2. The molecule has 1 aromatic heterocycles. The Hall–Kier alpha value is -6.30. The number of hydrogen-bond donors (Lipinski definition) is 1. The van der Waals surface area contributed by atoms with Crippen molar-refractivity contribution in [1.82, 2.24) is 9.97 Å². The van der Waals surface area contributed by atoms with Crippen LogP contribution in [-0.4, -0.2) is 9.97 Å². The molecule has 0 aliphatic heterocycles. The van der Waals surface area contributed by atoms with Gasteiger partial charge in [0.25, 0.3) is 0 Å². The third-order valence-electron chi connectivity index (χ3n) is 3.15. The topological polar surface area (TPSA) is 28.7 Å². The number of H-pyrrole nitrogens is 1. The first kappa shape index (κ1) is 27.7. The highest BCUT2D eigenvalue weighted by molar-refractivity contribution is 6.32. The van der Waals surface area contributed by atoms with Crippen molar-refractivity contribution >= 4 is 22.6 Å². The van der Waals surface area contributed by atoms with E-state index in [-0.39, 0.29) is 0 Å². The van der Waals surface area contributed by atoms with Gasteiger partial charge in [-0.3, -0.25) is 0 Å². The van der Waals surface area contributed by atoms with Crippen molar-refractivity contribution in [3.63, 3.8) is 0 Å². The van der Waals surface area contributed by atoms with E-state index < -0.39 is 0 Å². The smallest absolute Gasteiger partial charge is 0.0931 e. The van der Waals surface area contributed by atoms with E-state index in [2.05, 4.69) is 146 Å². The summed E-state index contributed by atoms with van der Waals surface area (Å²) in [6.45, 7) is 3.67. The van der Waals surface area contributed by atoms with Gasteiger partial charge in [-0.25, -0.2) is 4.98 Å². The maximum atomic E-state index is 5.89. The number of hydrogen-bond acceptors (Lipinski definition) is 1. The van der Waals surface area contributed by atoms with Crippen molar-refractivity contribution in [3.05, 3.63) is 29.0 Å². The first-order valence-corrected chi connectivity index (χ1v) is 10.0. The fraction of sp³-hybridized carbons (Fsp3) is 0.0606. The molecule has 0 saturated carbocycles. The highest BCUT2D eigenvalue weighted by atomic mass is 35.5. The summed E-state index contributed by atoms with van der Waals surface area (Å²) in [5.74, 6) is 56.9. The van der Waals surface area contributed by atoms with Crippen molar-refractivity contribution in [2.45, 2.75) is 13.8 Å². The number of benzene rings is 1. The molecule has 0 amide bonds. The molecule has 0 atom stereocenters. The molecule has 2 rings (SSSR count). The van der Waals surface area contributed by atoms with E-state index in [1.807, 2.05) is 19.1 Å². The lowest BCUT2D eigenvalue weighted by Gasteiger charge is -1.95. The molecular weight excluding hydrogens is 460 g/mol. The number of aromatic nitrogens is 2. The van der Waals surface area contributed by atoms with Crippen LogP contribution >= 0.6 is 11.6 Å². The average Bonchev–Trinajstić information content (AvgIpc) is 3.32. The van der Waals surface area contributed by atoms with Crippen LogP contribution in [0.3, 0.4) is 0 Å². The van der Waals surface area contributed by atoms with Gasteiger partial charge in [0.05, 0.1) is 17.4 Å². The molecule has 0 aliphatic rings. The molecule has 0 unspecified atom stereocenters. The SMILES string of the molecule is C#CC#CC#CC#CC#CC#CC#CC#CC#CC#CC#CC#CC.Cc1cc2[nH]cnc2cc1Cl. The second kappa shape index (κ2) is 19.4. The van der Waals surface area contributed by atoms with Gasteiger partial charge in [0, 0.05) is 40.5 Å². The highest BCUT2D eigenvalue weighted by Gasteiger charge is 1.99. The van der Waals surface area contributed by atoms with E-state index in [1.54, 1.807) is 13.3 Å². The Morgan fingerprint density at radius 1 is 0.639 bits per heavy atom. The van der Waals surface area contributed by atoms with Gasteiger partial charge in [-0.1, -0.05) is 17.5 Å². The fourth-order valence-electron chi connectivity index (χ4n) is 1.76. The van der Waals surface area contributed by atoms with E-state index in [0.29, 0.717) is 0 Å². The predicted molar refractivity (Wildman–Crippen MR) is 146 cm³/mol. The van der Waals surface area contributed by atoms with E-state index in [4.69, 9.17) is 18.0 Å². The van der Waals surface area contributed by atoms with Gasteiger partial charge in [-0.15, -0.1) is 6.42 Å². The second-order valence-electron chi connectivity index (χ2n) is 5.54. The molecule has 0 saturated heterocycles. The molecule has 1 aromatic carbocycles. The highest BCUT2D eigenvalue weighted by Crippen LogP contribution is 2.20. The first-order chi connectivity index (χ1) is 17.7. The number of imidazole rings is 1. The monoisotopic (exact) mass is 470 g/mol. The van der Waals surface area contributed by atoms with Crippen LogP contribution in [0.25, 0.3) is 11.0 Å².